The molecule has 0 heterocycles. The number of carbonyl (C=O) groups is 1. The van der Waals surface area contributed by atoms with Crippen LogP contribution in [0.5, 0.6) is 0 Å². The second-order valence-corrected chi connectivity index (χ2v) is 2.69. The lowest BCUT2D eigenvalue weighted by atomic mass is 10.0. The molecule has 0 saturated carbocycles. The zero-order valence-corrected chi connectivity index (χ0v) is 9.13. The minimum absolute atomic E-state index is 0.0246. The molecule has 15 heavy (non-hydrogen) atoms. The van der Waals surface area contributed by atoms with E-state index in [1.807, 2.05) is 0 Å². The van der Waals surface area contributed by atoms with E-state index < -0.39 is 5.97 Å². The molecule has 4 nitrogen and oxygen atoms in total. The van der Waals surface area contributed by atoms with Gasteiger partial charge in [-0.3, -0.25) is 0 Å². The van der Waals surface area contributed by atoms with E-state index in [0.29, 0.717) is 0 Å². The molecule has 0 amide bonds. The van der Waals surface area contributed by atoms with Gasteiger partial charge in [-0.15, -0.1) is 0 Å². The van der Waals surface area contributed by atoms with Crippen LogP contribution in [0.4, 0.5) is 0 Å². The highest BCUT2D eigenvalue weighted by atomic mass is 35.5. The van der Waals surface area contributed by atoms with Crippen molar-refractivity contribution in [2.75, 3.05) is 6.61 Å². The maximum absolute atomic E-state index is 11.3. The number of nitrogens with zero attached hydrogens (tertiary/aromatic N) is 2. The summed E-state index contributed by atoms with van der Waals surface area (Å²) >= 11 is 5.44. The van der Waals surface area contributed by atoms with Crippen LogP contribution in [0.1, 0.15) is 13.8 Å². The number of rotatable bonds is 3. The van der Waals surface area contributed by atoms with Crippen LogP contribution in [0.3, 0.4) is 0 Å². The van der Waals surface area contributed by atoms with Crippen molar-refractivity contribution in [3.8, 4) is 12.1 Å². The summed E-state index contributed by atoms with van der Waals surface area (Å²) in [4.78, 5) is 11.3. The normalized spacial score (nSPS) is 9.80. The van der Waals surface area contributed by atoms with Crippen molar-refractivity contribution in [2.24, 2.45) is 0 Å². The average molecular weight is 225 g/mol. The zero-order valence-electron chi connectivity index (χ0n) is 8.37. The van der Waals surface area contributed by atoms with Crippen LogP contribution in [0, 0.1) is 22.7 Å². The summed E-state index contributed by atoms with van der Waals surface area (Å²) in [6.07, 6.45) is 0. The third-order valence-electron chi connectivity index (χ3n) is 1.61. The lowest BCUT2D eigenvalue weighted by Crippen LogP contribution is -2.09. The molecule has 0 aliphatic rings. The fourth-order valence-corrected chi connectivity index (χ4v) is 1.07. The van der Waals surface area contributed by atoms with Gasteiger partial charge in [-0.1, -0.05) is 11.6 Å². The van der Waals surface area contributed by atoms with Crippen LogP contribution in [-0.4, -0.2) is 12.6 Å². The highest BCUT2D eigenvalue weighted by Crippen LogP contribution is 2.16. The van der Waals surface area contributed by atoms with Gasteiger partial charge in [0.05, 0.1) is 12.2 Å². The summed E-state index contributed by atoms with van der Waals surface area (Å²) in [5, 5.41) is 17.2. The summed E-state index contributed by atoms with van der Waals surface area (Å²) in [5.74, 6) is -0.645. The largest absolute Gasteiger partial charge is 0.462 e. The lowest BCUT2D eigenvalue weighted by Gasteiger charge is -2.05. The fourth-order valence-electron chi connectivity index (χ4n) is 0.816. The first-order chi connectivity index (χ1) is 7.12. The summed E-state index contributed by atoms with van der Waals surface area (Å²) in [7, 11) is 0. The summed E-state index contributed by atoms with van der Waals surface area (Å²) in [6.45, 7) is 3.32. The van der Waals surface area contributed by atoms with Gasteiger partial charge in [0.25, 0.3) is 0 Å². The van der Waals surface area contributed by atoms with Crippen LogP contribution < -0.4 is 0 Å². The first-order valence-corrected chi connectivity index (χ1v) is 4.54. The van der Waals surface area contributed by atoms with Gasteiger partial charge in [0, 0.05) is 5.54 Å². The van der Waals surface area contributed by atoms with Crippen molar-refractivity contribution in [2.45, 2.75) is 13.8 Å². The quantitative estimate of drug-likeness (QED) is 0.318. The number of carbonyl (C=O) groups excluding carboxylic acids is 1. The van der Waals surface area contributed by atoms with Crippen molar-refractivity contribution in [3.05, 3.63) is 22.3 Å². The molecule has 0 saturated heterocycles. The van der Waals surface area contributed by atoms with Gasteiger partial charge >= 0.3 is 5.97 Å². The Morgan fingerprint density at radius 1 is 1.47 bits per heavy atom. The van der Waals surface area contributed by atoms with E-state index >= 15 is 0 Å². The Balaban J connectivity index is 5.22. The van der Waals surface area contributed by atoms with E-state index in [1.165, 1.54) is 6.92 Å². The van der Waals surface area contributed by atoms with Gasteiger partial charge in [-0.25, -0.2) is 4.79 Å². The monoisotopic (exact) mass is 224 g/mol. The molecule has 0 N–H and O–H groups in total. The molecule has 0 aromatic carbocycles. The molecule has 0 rings (SSSR count). The predicted molar refractivity (Wildman–Crippen MR) is 54.5 cm³/mol. The molecule has 0 bridgehead atoms. The Hall–Kier alpha value is -1.78. The standard InChI is InChI=1S/C10H9ClN2O2/c1-3-15-10(14)9(4-11)7(2)8(5-12)6-13/h4H,3H2,1-2H3/b9-4-. The van der Waals surface area contributed by atoms with Crippen molar-refractivity contribution >= 4 is 17.6 Å². The molecule has 0 unspecified atom stereocenters. The highest BCUT2D eigenvalue weighted by molar-refractivity contribution is 6.28. The molecule has 0 fully saturated rings. The molecule has 0 aromatic rings. The first-order valence-electron chi connectivity index (χ1n) is 4.11. The Kier molecular flexibility index (Phi) is 5.85. The number of allylic oxidation sites excluding steroid dienone is 1. The van der Waals surface area contributed by atoms with Crippen LogP contribution in [-0.2, 0) is 9.53 Å². The number of ether oxygens (including phenoxy) is 1. The number of hydrogen-bond donors (Lipinski definition) is 0. The molecule has 0 aromatic heterocycles. The van der Waals surface area contributed by atoms with E-state index in [4.69, 9.17) is 26.9 Å². The maximum atomic E-state index is 11.3. The van der Waals surface area contributed by atoms with Gasteiger partial charge in [0.1, 0.15) is 17.7 Å². The van der Waals surface area contributed by atoms with E-state index in [1.54, 1.807) is 19.1 Å². The summed E-state index contributed by atoms with van der Waals surface area (Å²) in [5.41, 5.74) is 1.09. The second kappa shape index (κ2) is 6.64. The SMILES string of the molecule is CCOC(=O)/C(=C\Cl)C(C)=C(C#N)C#N. The molecule has 0 radical (unpaired) electrons. The van der Waals surface area contributed by atoms with Gasteiger partial charge in [-0.05, 0) is 19.4 Å². The molecule has 78 valence electrons. The smallest absolute Gasteiger partial charge is 0.339 e. The Labute approximate surface area is 93.0 Å². The summed E-state index contributed by atoms with van der Waals surface area (Å²) in [6, 6.07) is 3.35. The zero-order chi connectivity index (χ0) is 11.8. The first kappa shape index (κ1) is 13.2. The Morgan fingerprint density at radius 2 is 2.00 bits per heavy atom. The maximum Gasteiger partial charge on any atom is 0.339 e. The minimum Gasteiger partial charge on any atom is -0.462 e. The third kappa shape index (κ3) is 3.46. The van der Waals surface area contributed by atoms with Crippen LogP contribution in [0.15, 0.2) is 22.3 Å². The van der Waals surface area contributed by atoms with Crippen molar-refractivity contribution < 1.29 is 9.53 Å². The summed E-state index contributed by atoms with van der Waals surface area (Å²) < 4.78 is 4.71. The number of halogens is 1. The van der Waals surface area contributed by atoms with Gasteiger partial charge in [-0.2, -0.15) is 10.5 Å². The van der Waals surface area contributed by atoms with Gasteiger partial charge in [0.2, 0.25) is 0 Å². The van der Waals surface area contributed by atoms with Crippen molar-refractivity contribution in [3.63, 3.8) is 0 Å². The molecular formula is C10H9ClN2O2. The Morgan fingerprint density at radius 3 is 2.33 bits per heavy atom. The molecule has 0 atom stereocenters. The lowest BCUT2D eigenvalue weighted by molar-refractivity contribution is -0.138. The molecular weight excluding hydrogens is 216 g/mol. The van der Waals surface area contributed by atoms with Crippen LogP contribution in [0.2, 0.25) is 0 Å². The minimum atomic E-state index is -0.645. The Bertz CT molecular complexity index is 381. The average Bonchev–Trinajstić information content (AvgIpc) is 2.21. The van der Waals surface area contributed by atoms with Crippen molar-refractivity contribution in [1.29, 1.82) is 10.5 Å². The number of esters is 1. The van der Waals surface area contributed by atoms with Crippen LogP contribution in [0.25, 0.3) is 0 Å². The number of hydrogen-bond acceptors (Lipinski definition) is 4. The van der Waals surface area contributed by atoms with Crippen LogP contribution >= 0.6 is 11.6 Å². The van der Waals surface area contributed by atoms with Crippen molar-refractivity contribution in [1.82, 2.24) is 0 Å². The highest BCUT2D eigenvalue weighted by Gasteiger charge is 2.15. The second-order valence-electron chi connectivity index (χ2n) is 2.47. The third-order valence-corrected chi connectivity index (χ3v) is 1.83. The fraction of sp³-hybridized carbons (Fsp3) is 0.300. The predicted octanol–water partition coefficient (Wildman–Crippen LogP) is 2.04. The molecule has 0 aliphatic heterocycles. The topological polar surface area (TPSA) is 73.9 Å². The molecule has 5 heteroatoms. The molecule has 0 spiro atoms. The van der Waals surface area contributed by atoms with Gasteiger partial charge < -0.3 is 4.74 Å². The van der Waals surface area contributed by atoms with E-state index in [0.717, 1.165) is 5.54 Å². The van der Waals surface area contributed by atoms with E-state index in [-0.39, 0.29) is 23.3 Å². The van der Waals surface area contributed by atoms with E-state index in [2.05, 4.69) is 0 Å². The molecule has 0 aliphatic carbocycles. The van der Waals surface area contributed by atoms with Gasteiger partial charge in [0.15, 0.2) is 0 Å². The number of nitriles is 2. The van der Waals surface area contributed by atoms with E-state index in [9.17, 15) is 4.79 Å².